The van der Waals surface area contributed by atoms with Crippen LogP contribution in [0.25, 0.3) is 10.9 Å². The number of H-pyrrole nitrogens is 1. The number of hydrogen-bond acceptors (Lipinski definition) is 3. The van der Waals surface area contributed by atoms with E-state index in [0.717, 1.165) is 53.5 Å². The van der Waals surface area contributed by atoms with Gasteiger partial charge in [0.1, 0.15) is 5.75 Å². The lowest BCUT2D eigenvalue weighted by Gasteiger charge is -2.36. The fraction of sp³-hybridized carbons (Fsp3) is 0.435. The zero-order chi connectivity index (χ0) is 19.7. The number of nitrogens with one attached hydrogen (secondary N) is 1. The number of carbonyl (C=O) groups excluding carboxylic acids is 1. The number of ether oxygens (including phenoxy) is 1. The van der Waals surface area contributed by atoms with E-state index in [-0.39, 0.29) is 5.91 Å². The van der Waals surface area contributed by atoms with Gasteiger partial charge >= 0.3 is 0 Å². The van der Waals surface area contributed by atoms with E-state index in [1.54, 1.807) is 12.0 Å². The molecule has 0 bridgehead atoms. The number of aliphatic hydroxyl groups is 1. The van der Waals surface area contributed by atoms with Crippen molar-refractivity contribution in [2.45, 2.75) is 51.2 Å². The van der Waals surface area contributed by atoms with Gasteiger partial charge in [-0.05, 0) is 61.4 Å². The molecule has 2 aliphatic rings. The minimum Gasteiger partial charge on any atom is -0.497 e. The molecule has 148 valence electrons. The van der Waals surface area contributed by atoms with Crippen molar-refractivity contribution in [3.8, 4) is 5.75 Å². The van der Waals surface area contributed by atoms with Crippen molar-refractivity contribution in [2.75, 3.05) is 13.7 Å². The van der Waals surface area contributed by atoms with Gasteiger partial charge in [-0.3, -0.25) is 4.79 Å². The first-order valence-electron chi connectivity index (χ1n) is 10.2. The molecule has 1 aliphatic carbocycles. The summed E-state index contributed by atoms with van der Waals surface area (Å²) >= 11 is 0. The number of aromatic nitrogens is 1. The normalized spacial score (nSPS) is 21.7. The van der Waals surface area contributed by atoms with Crippen molar-refractivity contribution in [3.05, 3.63) is 53.3 Å². The first-order chi connectivity index (χ1) is 13.6. The lowest BCUT2D eigenvalue weighted by atomic mass is 9.89. The Labute approximate surface area is 165 Å². The van der Waals surface area contributed by atoms with Crippen molar-refractivity contribution in [2.24, 2.45) is 0 Å². The van der Waals surface area contributed by atoms with Gasteiger partial charge in [0, 0.05) is 29.2 Å². The third kappa shape index (κ3) is 3.04. The van der Waals surface area contributed by atoms with Crippen molar-refractivity contribution < 1.29 is 14.6 Å². The van der Waals surface area contributed by atoms with Gasteiger partial charge in [0.15, 0.2) is 5.72 Å². The minimum atomic E-state index is -1.14. The lowest BCUT2D eigenvalue weighted by molar-refractivity contribution is -0.144. The third-order valence-corrected chi connectivity index (χ3v) is 6.03. The second-order valence-electron chi connectivity index (χ2n) is 7.69. The molecule has 1 aromatic carbocycles. The predicted octanol–water partition coefficient (Wildman–Crippen LogP) is 4.09. The second-order valence-corrected chi connectivity index (χ2v) is 7.69. The van der Waals surface area contributed by atoms with Crippen LogP contribution in [0.4, 0.5) is 0 Å². The molecule has 0 spiro atoms. The molecule has 1 atom stereocenters. The monoisotopic (exact) mass is 380 g/mol. The summed E-state index contributed by atoms with van der Waals surface area (Å²) in [7, 11) is 1.66. The summed E-state index contributed by atoms with van der Waals surface area (Å²) in [6.07, 6.45) is 10.7. The molecule has 28 heavy (non-hydrogen) atoms. The highest BCUT2D eigenvalue weighted by Gasteiger charge is 2.48. The fourth-order valence-corrected chi connectivity index (χ4v) is 4.48. The summed E-state index contributed by atoms with van der Waals surface area (Å²) in [5, 5.41) is 12.7. The van der Waals surface area contributed by atoms with Gasteiger partial charge in [-0.15, -0.1) is 0 Å². The van der Waals surface area contributed by atoms with E-state index in [1.165, 1.54) is 0 Å². The molecule has 1 unspecified atom stereocenters. The molecule has 1 aliphatic heterocycles. The van der Waals surface area contributed by atoms with E-state index in [4.69, 9.17) is 4.74 Å². The number of aromatic amines is 1. The van der Waals surface area contributed by atoms with Crippen LogP contribution in [0.1, 0.15) is 44.6 Å². The van der Waals surface area contributed by atoms with Crippen molar-refractivity contribution in [1.29, 1.82) is 0 Å². The topological polar surface area (TPSA) is 65.6 Å². The zero-order valence-electron chi connectivity index (χ0n) is 16.6. The number of fused-ring (bicyclic) bond motifs is 1. The molecule has 0 saturated heterocycles. The maximum atomic E-state index is 13.1. The number of methoxy groups -OCH3 is 1. The molecule has 5 nitrogen and oxygen atoms in total. The Morgan fingerprint density at radius 2 is 2.21 bits per heavy atom. The van der Waals surface area contributed by atoms with Crippen LogP contribution in [0.2, 0.25) is 0 Å². The molecular formula is C23H28N2O3. The molecule has 0 radical (unpaired) electrons. The molecule has 2 heterocycles. The van der Waals surface area contributed by atoms with Gasteiger partial charge in [-0.2, -0.15) is 0 Å². The van der Waals surface area contributed by atoms with Crippen LogP contribution in [0.3, 0.4) is 0 Å². The lowest BCUT2D eigenvalue weighted by Crippen LogP contribution is -2.49. The highest BCUT2D eigenvalue weighted by Crippen LogP contribution is 2.42. The van der Waals surface area contributed by atoms with E-state index < -0.39 is 5.72 Å². The Morgan fingerprint density at radius 1 is 1.36 bits per heavy atom. The number of hydrogen-bond donors (Lipinski definition) is 2. The Morgan fingerprint density at radius 3 is 3.00 bits per heavy atom. The second kappa shape index (κ2) is 7.47. The molecule has 1 aromatic heterocycles. The third-order valence-electron chi connectivity index (χ3n) is 6.03. The van der Waals surface area contributed by atoms with Gasteiger partial charge in [-0.1, -0.05) is 25.5 Å². The summed E-state index contributed by atoms with van der Waals surface area (Å²) in [5.41, 5.74) is 2.64. The predicted molar refractivity (Wildman–Crippen MR) is 110 cm³/mol. The van der Waals surface area contributed by atoms with E-state index in [2.05, 4.69) is 11.9 Å². The summed E-state index contributed by atoms with van der Waals surface area (Å²) in [6, 6.07) is 5.95. The molecular weight excluding hydrogens is 352 g/mol. The van der Waals surface area contributed by atoms with E-state index in [9.17, 15) is 9.90 Å². The molecule has 2 N–H and O–H groups in total. The van der Waals surface area contributed by atoms with Crippen molar-refractivity contribution >= 4 is 16.8 Å². The fourth-order valence-electron chi connectivity index (χ4n) is 4.48. The Hall–Kier alpha value is -2.53. The quantitative estimate of drug-likeness (QED) is 0.760. The maximum absolute atomic E-state index is 13.1. The summed E-state index contributed by atoms with van der Waals surface area (Å²) in [5.74, 6) is 0.772. The first-order valence-corrected chi connectivity index (χ1v) is 10.2. The number of benzene rings is 1. The highest BCUT2D eigenvalue weighted by molar-refractivity contribution is 6.01. The Balaban J connectivity index is 1.60. The SMILES string of the molecule is CCCCC1(O)C2=C(C=CCC2)C(=O)N1CCc1c[nH]c2ccc(OC)cc12. The summed E-state index contributed by atoms with van der Waals surface area (Å²) in [6.45, 7) is 2.60. The molecule has 5 heteroatoms. The van der Waals surface area contributed by atoms with Crippen LogP contribution in [0.15, 0.2) is 47.7 Å². The van der Waals surface area contributed by atoms with Crippen LogP contribution >= 0.6 is 0 Å². The number of rotatable bonds is 7. The van der Waals surface area contributed by atoms with Crippen molar-refractivity contribution in [3.63, 3.8) is 0 Å². The highest BCUT2D eigenvalue weighted by atomic mass is 16.5. The number of amides is 1. The summed E-state index contributed by atoms with van der Waals surface area (Å²) in [4.78, 5) is 18.1. The van der Waals surface area contributed by atoms with Gasteiger partial charge in [-0.25, -0.2) is 0 Å². The minimum absolute atomic E-state index is 0.0398. The van der Waals surface area contributed by atoms with E-state index >= 15 is 0 Å². The molecule has 4 rings (SSSR count). The van der Waals surface area contributed by atoms with E-state index in [0.29, 0.717) is 25.0 Å². The molecule has 1 amide bonds. The van der Waals surface area contributed by atoms with Gasteiger partial charge in [0.2, 0.25) is 0 Å². The average Bonchev–Trinajstić information content (AvgIpc) is 3.22. The van der Waals surface area contributed by atoms with Gasteiger partial charge in [0.25, 0.3) is 5.91 Å². The van der Waals surface area contributed by atoms with Gasteiger partial charge in [0.05, 0.1) is 7.11 Å². The van der Waals surface area contributed by atoms with Crippen molar-refractivity contribution in [1.82, 2.24) is 9.88 Å². The first kappa shape index (κ1) is 18.8. The molecule has 2 aromatic rings. The Kier molecular flexibility index (Phi) is 5.02. The number of carbonyl (C=O) groups is 1. The number of unbranched alkanes of at least 4 members (excludes halogenated alkanes) is 1. The van der Waals surface area contributed by atoms with Crippen LogP contribution in [-0.2, 0) is 11.2 Å². The average molecular weight is 380 g/mol. The van der Waals surface area contributed by atoms with Crippen LogP contribution in [0.5, 0.6) is 5.75 Å². The zero-order valence-corrected chi connectivity index (χ0v) is 16.6. The van der Waals surface area contributed by atoms with E-state index in [1.807, 2.05) is 36.5 Å². The number of allylic oxidation sites excluding steroid dienone is 1. The number of nitrogens with zero attached hydrogens (tertiary/aromatic N) is 1. The molecule has 0 saturated carbocycles. The van der Waals surface area contributed by atoms with Crippen LogP contribution in [-0.4, -0.2) is 40.3 Å². The largest absolute Gasteiger partial charge is 0.497 e. The Bertz CT molecular complexity index is 956. The summed E-state index contributed by atoms with van der Waals surface area (Å²) < 4.78 is 5.35. The van der Waals surface area contributed by atoms with Gasteiger partial charge < -0.3 is 19.7 Å². The smallest absolute Gasteiger partial charge is 0.256 e. The molecule has 0 fully saturated rings. The standard InChI is InChI=1S/C23H28N2O3/c1-3-4-12-23(27)20-8-6-5-7-18(20)22(26)25(23)13-11-16-15-24-21-10-9-17(28-2)14-19(16)21/h5,7,9-10,14-15,24,27H,3-4,6,8,11-13H2,1-2H3. The van der Waals surface area contributed by atoms with Crippen LogP contribution in [0, 0.1) is 0 Å². The maximum Gasteiger partial charge on any atom is 0.256 e. The van der Waals surface area contributed by atoms with Crippen LogP contribution < -0.4 is 4.74 Å².